The predicted molar refractivity (Wildman–Crippen MR) is 125 cm³/mol. The number of ether oxygens (including phenoxy) is 4. The Morgan fingerprint density at radius 2 is 1.12 bits per heavy atom. The van der Waals surface area contributed by atoms with Crippen molar-refractivity contribution in [1.29, 1.82) is 0 Å². The van der Waals surface area contributed by atoms with Gasteiger partial charge >= 0.3 is 0 Å². The number of rotatable bonds is 10. The maximum Gasteiger partial charge on any atom is 0.178 e. The Labute approximate surface area is 189 Å². The zero-order valence-electron chi connectivity index (χ0n) is 19.1. The molecule has 0 amide bonds. The van der Waals surface area contributed by atoms with E-state index in [0.717, 1.165) is 58.1 Å². The van der Waals surface area contributed by atoms with E-state index in [2.05, 4.69) is 0 Å². The second kappa shape index (κ2) is 9.72. The van der Waals surface area contributed by atoms with Crippen LogP contribution in [0.4, 0.5) is 0 Å². The van der Waals surface area contributed by atoms with Gasteiger partial charge in [-0.05, 0) is 97.5 Å². The lowest BCUT2D eigenvalue weighted by Gasteiger charge is -2.11. The molecule has 2 aliphatic rings. The summed E-state index contributed by atoms with van der Waals surface area (Å²) in [6, 6.07) is 8.00. The average Bonchev–Trinajstić information content (AvgIpc) is 3.64. The molecular formula is C27H30O5. The molecule has 5 heteroatoms. The monoisotopic (exact) mass is 434 g/mol. The van der Waals surface area contributed by atoms with Crippen LogP contribution in [0.5, 0.6) is 11.5 Å². The molecule has 2 saturated heterocycles. The fourth-order valence-electron chi connectivity index (χ4n) is 3.66. The summed E-state index contributed by atoms with van der Waals surface area (Å²) in [5.74, 6) is 1.61. The Hall–Kier alpha value is -2.89. The first-order valence-electron chi connectivity index (χ1n) is 11.0. The van der Waals surface area contributed by atoms with Gasteiger partial charge in [-0.3, -0.25) is 4.79 Å². The zero-order valence-corrected chi connectivity index (χ0v) is 19.1. The van der Waals surface area contributed by atoms with E-state index in [-0.39, 0.29) is 18.0 Å². The Morgan fingerprint density at radius 3 is 1.44 bits per heavy atom. The van der Waals surface area contributed by atoms with Gasteiger partial charge in [-0.25, -0.2) is 0 Å². The maximum absolute atomic E-state index is 12.5. The van der Waals surface area contributed by atoms with Crippen LogP contribution in [0.2, 0.25) is 0 Å². The molecule has 2 aromatic carbocycles. The number of hydrogen-bond donors (Lipinski definition) is 0. The van der Waals surface area contributed by atoms with Crippen LogP contribution in [-0.2, 0) is 14.3 Å². The lowest BCUT2D eigenvalue weighted by atomic mass is 10.0. The summed E-state index contributed by atoms with van der Waals surface area (Å²) in [6.45, 7) is 10.8. The zero-order chi connectivity index (χ0) is 22.7. The van der Waals surface area contributed by atoms with Crippen molar-refractivity contribution >= 4 is 17.9 Å². The van der Waals surface area contributed by atoms with Crippen molar-refractivity contribution in [3.63, 3.8) is 0 Å². The Balaban J connectivity index is 1.39. The van der Waals surface area contributed by atoms with Crippen molar-refractivity contribution in [1.82, 2.24) is 0 Å². The van der Waals surface area contributed by atoms with Crippen LogP contribution in [0, 0.1) is 27.7 Å². The third kappa shape index (κ3) is 6.09. The van der Waals surface area contributed by atoms with Crippen molar-refractivity contribution in [3.8, 4) is 11.5 Å². The maximum atomic E-state index is 12.5. The first-order chi connectivity index (χ1) is 15.4. The minimum atomic E-state index is -0.0555. The van der Waals surface area contributed by atoms with Gasteiger partial charge in [0.05, 0.1) is 13.2 Å². The van der Waals surface area contributed by atoms with E-state index in [0.29, 0.717) is 13.2 Å². The van der Waals surface area contributed by atoms with Crippen LogP contribution in [0.25, 0.3) is 12.2 Å². The van der Waals surface area contributed by atoms with Gasteiger partial charge in [-0.2, -0.15) is 0 Å². The number of carbonyl (C=O) groups excluding carboxylic acids is 1. The molecule has 4 rings (SSSR count). The van der Waals surface area contributed by atoms with Gasteiger partial charge in [-0.1, -0.05) is 12.2 Å². The minimum absolute atomic E-state index is 0.0555. The smallest absolute Gasteiger partial charge is 0.178 e. The molecule has 168 valence electrons. The van der Waals surface area contributed by atoms with Crippen LogP contribution in [0.1, 0.15) is 33.4 Å². The Bertz CT molecular complexity index is 928. The van der Waals surface area contributed by atoms with Crippen LogP contribution in [0.3, 0.4) is 0 Å². The molecule has 2 aromatic rings. The van der Waals surface area contributed by atoms with Gasteiger partial charge in [0.2, 0.25) is 0 Å². The highest BCUT2D eigenvalue weighted by Crippen LogP contribution is 2.26. The number of benzene rings is 2. The molecule has 5 nitrogen and oxygen atoms in total. The summed E-state index contributed by atoms with van der Waals surface area (Å²) in [4.78, 5) is 12.5. The molecule has 2 aliphatic heterocycles. The number of ketones is 1. The molecule has 2 atom stereocenters. The molecule has 0 aliphatic carbocycles. The molecule has 0 radical (unpaired) electrons. The first-order valence-corrected chi connectivity index (χ1v) is 11.0. The summed E-state index contributed by atoms with van der Waals surface area (Å²) in [6.07, 6.45) is 7.44. The lowest BCUT2D eigenvalue weighted by Crippen LogP contribution is -2.04. The highest BCUT2D eigenvalue weighted by atomic mass is 16.6. The molecule has 0 bridgehead atoms. The fourth-order valence-corrected chi connectivity index (χ4v) is 3.66. The third-order valence-electron chi connectivity index (χ3n) is 5.64. The lowest BCUT2D eigenvalue weighted by molar-refractivity contribution is -0.110. The van der Waals surface area contributed by atoms with Crippen molar-refractivity contribution in [2.45, 2.75) is 39.9 Å². The van der Waals surface area contributed by atoms with Crippen molar-refractivity contribution in [2.75, 3.05) is 26.4 Å². The molecule has 2 fully saturated rings. The second-order valence-electron chi connectivity index (χ2n) is 8.54. The number of epoxide rings is 2. The fraction of sp³-hybridized carbons (Fsp3) is 0.370. The number of hydrogen-bond acceptors (Lipinski definition) is 5. The van der Waals surface area contributed by atoms with Gasteiger partial charge in [0, 0.05) is 0 Å². The van der Waals surface area contributed by atoms with Crippen LogP contribution in [-0.4, -0.2) is 44.4 Å². The van der Waals surface area contributed by atoms with E-state index in [4.69, 9.17) is 18.9 Å². The normalized spacial score (nSPS) is 19.5. The minimum Gasteiger partial charge on any atom is -0.491 e. The highest BCUT2D eigenvalue weighted by Gasteiger charge is 2.23. The molecule has 0 spiro atoms. The van der Waals surface area contributed by atoms with Gasteiger partial charge in [0.1, 0.15) is 36.9 Å². The van der Waals surface area contributed by atoms with E-state index >= 15 is 0 Å². The van der Waals surface area contributed by atoms with E-state index in [1.54, 1.807) is 12.2 Å². The summed E-state index contributed by atoms with van der Waals surface area (Å²) >= 11 is 0. The topological polar surface area (TPSA) is 60.6 Å². The summed E-state index contributed by atoms with van der Waals surface area (Å²) < 4.78 is 21.9. The van der Waals surface area contributed by atoms with E-state index in [9.17, 15) is 4.79 Å². The third-order valence-corrected chi connectivity index (χ3v) is 5.64. The molecule has 2 unspecified atom stereocenters. The van der Waals surface area contributed by atoms with Gasteiger partial charge in [0.25, 0.3) is 0 Å². The van der Waals surface area contributed by atoms with Gasteiger partial charge < -0.3 is 18.9 Å². The largest absolute Gasteiger partial charge is 0.491 e. The molecule has 0 saturated carbocycles. The molecule has 2 heterocycles. The summed E-state index contributed by atoms with van der Waals surface area (Å²) in [7, 11) is 0. The van der Waals surface area contributed by atoms with E-state index in [1.807, 2.05) is 64.1 Å². The summed E-state index contributed by atoms with van der Waals surface area (Å²) in [5.41, 5.74) is 6.37. The average molecular weight is 435 g/mol. The van der Waals surface area contributed by atoms with Gasteiger partial charge in [0.15, 0.2) is 5.78 Å². The molecule has 0 aromatic heterocycles. The predicted octanol–water partition coefficient (Wildman–Crippen LogP) is 4.77. The highest BCUT2D eigenvalue weighted by molar-refractivity contribution is 6.04. The van der Waals surface area contributed by atoms with Crippen LogP contribution < -0.4 is 9.47 Å². The number of aryl methyl sites for hydroxylation is 4. The number of allylic oxidation sites excluding steroid dienone is 2. The van der Waals surface area contributed by atoms with E-state index < -0.39 is 0 Å². The first kappa shape index (κ1) is 22.3. The summed E-state index contributed by atoms with van der Waals surface area (Å²) in [5, 5.41) is 0. The van der Waals surface area contributed by atoms with Crippen molar-refractivity contribution < 1.29 is 23.7 Å². The molecule has 0 N–H and O–H groups in total. The Kier molecular flexibility index (Phi) is 6.77. The van der Waals surface area contributed by atoms with Crippen molar-refractivity contribution in [3.05, 3.63) is 69.8 Å². The number of carbonyl (C=O) groups is 1. The SMILES string of the molecule is Cc1cc(OCC2CO2)cc(C)c1/C=C/C(=O)/C=C/c1c(C)cc(OCC2CO2)cc1C. The molecule has 32 heavy (non-hydrogen) atoms. The Morgan fingerprint density at radius 1 is 0.781 bits per heavy atom. The van der Waals surface area contributed by atoms with Crippen molar-refractivity contribution in [2.24, 2.45) is 0 Å². The van der Waals surface area contributed by atoms with Gasteiger partial charge in [-0.15, -0.1) is 0 Å². The second-order valence-corrected chi connectivity index (χ2v) is 8.54. The van der Waals surface area contributed by atoms with Crippen LogP contribution in [0.15, 0.2) is 36.4 Å². The standard InChI is InChI=1S/C27H30O5/c1-17-9-22(29-13-24-15-31-24)10-18(2)26(17)7-5-21(28)6-8-27-19(3)11-23(12-20(27)4)30-14-25-16-32-25/h5-12,24-25H,13-16H2,1-4H3/b7-5+,8-6+. The van der Waals surface area contributed by atoms with E-state index in [1.165, 1.54) is 0 Å². The quantitative estimate of drug-likeness (QED) is 0.398. The molecular weight excluding hydrogens is 404 g/mol. The van der Waals surface area contributed by atoms with Crippen LogP contribution >= 0.6 is 0 Å².